The van der Waals surface area contributed by atoms with Gasteiger partial charge in [0, 0.05) is 5.41 Å². The fraction of sp³-hybridized carbons (Fsp3) is 0.333. The molecule has 0 aliphatic heterocycles. The third-order valence-corrected chi connectivity index (χ3v) is 2.59. The highest BCUT2D eigenvalue weighted by Crippen LogP contribution is 2.40. The fourth-order valence-electron chi connectivity index (χ4n) is 1.62. The largest absolute Gasteiger partial charge is 0.0989 e. The summed E-state index contributed by atoms with van der Waals surface area (Å²) >= 11 is 0. The molecule has 1 rings (SSSR count). The molecule has 0 saturated carbocycles. The molecule has 0 bridgehead atoms. The van der Waals surface area contributed by atoms with Crippen LogP contribution < -0.4 is 0 Å². The average molecular weight is 160 g/mol. The van der Waals surface area contributed by atoms with Crippen LogP contribution in [0.2, 0.25) is 0 Å². The van der Waals surface area contributed by atoms with Crippen LogP contribution in [0.1, 0.15) is 20.3 Å². The van der Waals surface area contributed by atoms with E-state index in [0.29, 0.717) is 0 Å². The third-order valence-electron chi connectivity index (χ3n) is 2.59. The van der Waals surface area contributed by atoms with Crippen LogP contribution in [0.15, 0.2) is 48.6 Å². The lowest BCUT2D eigenvalue weighted by molar-refractivity contribution is 0.555. The molecule has 0 aromatic heterocycles. The molecule has 0 amide bonds. The van der Waals surface area contributed by atoms with E-state index in [9.17, 15) is 0 Å². The molecule has 12 heavy (non-hydrogen) atoms. The van der Waals surface area contributed by atoms with Crippen LogP contribution in [-0.4, -0.2) is 0 Å². The van der Waals surface area contributed by atoms with E-state index in [1.807, 2.05) is 0 Å². The van der Waals surface area contributed by atoms with Crippen LogP contribution in [0.25, 0.3) is 0 Å². The minimum Gasteiger partial charge on any atom is -0.0989 e. The summed E-state index contributed by atoms with van der Waals surface area (Å²) < 4.78 is 0. The van der Waals surface area contributed by atoms with Crippen molar-refractivity contribution >= 4 is 0 Å². The van der Waals surface area contributed by atoms with E-state index < -0.39 is 0 Å². The molecule has 0 N–H and O–H groups in total. The maximum absolute atomic E-state index is 4.03. The summed E-state index contributed by atoms with van der Waals surface area (Å²) in [5, 5.41) is 0. The molecule has 64 valence electrons. The summed E-state index contributed by atoms with van der Waals surface area (Å²) in [6, 6.07) is 0. The van der Waals surface area contributed by atoms with Gasteiger partial charge in [-0.3, -0.25) is 0 Å². The van der Waals surface area contributed by atoms with E-state index in [2.05, 4.69) is 51.3 Å². The zero-order chi connectivity index (χ0) is 9.19. The van der Waals surface area contributed by atoms with Gasteiger partial charge in [0.25, 0.3) is 0 Å². The molecular weight excluding hydrogens is 144 g/mol. The number of allylic oxidation sites excluding steroid dienone is 6. The minimum absolute atomic E-state index is 0.0226. The molecule has 1 aliphatic carbocycles. The Bertz CT molecular complexity index is 250. The Kier molecular flexibility index (Phi) is 2.37. The van der Waals surface area contributed by atoms with Crippen molar-refractivity contribution in [2.75, 3.05) is 0 Å². The second kappa shape index (κ2) is 3.14. The van der Waals surface area contributed by atoms with Gasteiger partial charge >= 0.3 is 0 Å². The highest BCUT2D eigenvalue weighted by molar-refractivity contribution is 5.36. The van der Waals surface area contributed by atoms with Crippen LogP contribution in [0.5, 0.6) is 0 Å². The standard InChI is InChI=1S/C12H16/c1-10(2)12(11(3)4)8-6-5-7-9-12/h5-8H,1,3,9H2,2,4H3. The molecule has 0 aromatic carbocycles. The Labute approximate surface area is 75.0 Å². The summed E-state index contributed by atoms with van der Waals surface area (Å²) in [7, 11) is 0. The summed E-state index contributed by atoms with van der Waals surface area (Å²) in [6.07, 6.45) is 9.52. The van der Waals surface area contributed by atoms with Crippen LogP contribution in [0.3, 0.4) is 0 Å². The number of hydrogen-bond donors (Lipinski definition) is 0. The van der Waals surface area contributed by atoms with Gasteiger partial charge in [-0.1, -0.05) is 48.6 Å². The first-order chi connectivity index (χ1) is 5.59. The first kappa shape index (κ1) is 9.05. The molecule has 0 heteroatoms. The SMILES string of the molecule is C=C(C)C1(C(=C)C)C=CC=CC1. The van der Waals surface area contributed by atoms with Gasteiger partial charge in [-0.05, 0) is 20.3 Å². The molecule has 0 atom stereocenters. The molecular formula is C12H16. The van der Waals surface area contributed by atoms with E-state index in [1.54, 1.807) is 0 Å². The first-order valence-electron chi connectivity index (χ1n) is 4.26. The van der Waals surface area contributed by atoms with E-state index in [1.165, 1.54) is 11.1 Å². The number of rotatable bonds is 2. The average Bonchev–Trinajstić information content (AvgIpc) is 2.05. The Balaban J connectivity index is 3.04. The lowest BCUT2D eigenvalue weighted by atomic mass is 9.71. The molecule has 0 saturated heterocycles. The lowest BCUT2D eigenvalue weighted by Crippen LogP contribution is -2.20. The summed E-state index contributed by atoms with van der Waals surface area (Å²) in [6.45, 7) is 12.2. The van der Waals surface area contributed by atoms with Gasteiger partial charge in [-0.25, -0.2) is 0 Å². The molecule has 0 unspecified atom stereocenters. The maximum atomic E-state index is 4.03. The van der Waals surface area contributed by atoms with Crippen molar-refractivity contribution in [3.63, 3.8) is 0 Å². The molecule has 0 radical (unpaired) electrons. The van der Waals surface area contributed by atoms with Crippen LogP contribution >= 0.6 is 0 Å². The normalized spacial score (nSPS) is 19.2. The zero-order valence-electron chi connectivity index (χ0n) is 7.93. The fourth-order valence-corrected chi connectivity index (χ4v) is 1.62. The van der Waals surface area contributed by atoms with Crippen LogP contribution in [0, 0.1) is 5.41 Å². The minimum atomic E-state index is 0.0226. The molecule has 0 aromatic rings. The quantitative estimate of drug-likeness (QED) is 0.541. The van der Waals surface area contributed by atoms with Crippen LogP contribution in [-0.2, 0) is 0 Å². The van der Waals surface area contributed by atoms with Gasteiger partial charge in [0.05, 0.1) is 0 Å². The Hall–Kier alpha value is -1.04. The first-order valence-corrected chi connectivity index (χ1v) is 4.26. The van der Waals surface area contributed by atoms with E-state index in [4.69, 9.17) is 0 Å². The van der Waals surface area contributed by atoms with Crippen molar-refractivity contribution in [3.8, 4) is 0 Å². The van der Waals surface area contributed by atoms with Gasteiger partial charge in [-0.15, -0.1) is 0 Å². The van der Waals surface area contributed by atoms with Crippen LogP contribution in [0.4, 0.5) is 0 Å². The maximum Gasteiger partial charge on any atom is 0.0327 e. The molecule has 0 nitrogen and oxygen atoms in total. The van der Waals surface area contributed by atoms with E-state index in [0.717, 1.165) is 6.42 Å². The van der Waals surface area contributed by atoms with Crippen molar-refractivity contribution < 1.29 is 0 Å². The van der Waals surface area contributed by atoms with Crippen molar-refractivity contribution in [1.82, 2.24) is 0 Å². The highest BCUT2D eigenvalue weighted by atomic mass is 14.3. The molecule has 0 spiro atoms. The van der Waals surface area contributed by atoms with Crippen molar-refractivity contribution in [2.24, 2.45) is 5.41 Å². The van der Waals surface area contributed by atoms with Crippen molar-refractivity contribution in [3.05, 3.63) is 48.6 Å². The smallest absolute Gasteiger partial charge is 0.0327 e. The van der Waals surface area contributed by atoms with Gasteiger partial charge in [0.1, 0.15) is 0 Å². The topological polar surface area (TPSA) is 0 Å². The summed E-state index contributed by atoms with van der Waals surface area (Å²) in [5.74, 6) is 0. The Morgan fingerprint density at radius 3 is 2.00 bits per heavy atom. The van der Waals surface area contributed by atoms with E-state index in [-0.39, 0.29) is 5.41 Å². The molecule has 1 aliphatic rings. The summed E-state index contributed by atoms with van der Waals surface area (Å²) in [5.41, 5.74) is 2.38. The zero-order valence-corrected chi connectivity index (χ0v) is 7.93. The Morgan fingerprint density at radius 1 is 1.17 bits per heavy atom. The predicted molar refractivity (Wildman–Crippen MR) is 55.0 cm³/mol. The number of hydrogen-bond acceptors (Lipinski definition) is 0. The molecule has 0 fully saturated rings. The van der Waals surface area contributed by atoms with Gasteiger partial charge in [0.2, 0.25) is 0 Å². The van der Waals surface area contributed by atoms with Crippen molar-refractivity contribution in [2.45, 2.75) is 20.3 Å². The highest BCUT2D eigenvalue weighted by Gasteiger charge is 2.28. The summed E-state index contributed by atoms with van der Waals surface area (Å²) in [4.78, 5) is 0. The van der Waals surface area contributed by atoms with Crippen molar-refractivity contribution in [1.29, 1.82) is 0 Å². The predicted octanol–water partition coefficient (Wildman–Crippen LogP) is 3.64. The second-order valence-electron chi connectivity index (χ2n) is 3.52. The Morgan fingerprint density at radius 2 is 1.75 bits per heavy atom. The van der Waals surface area contributed by atoms with E-state index >= 15 is 0 Å². The molecule has 0 heterocycles. The van der Waals surface area contributed by atoms with Gasteiger partial charge in [0.15, 0.2) is 0 Å². The van der Waals surface area contributed by atoms with Gasteiger partial charge in [-0.2, -0.15) is 0 Å². The van der Waals surface area contributed by atoms with Gasteiger partial charge < -0.3 is 0 Å². The lowest BCUT2D eigenvalue weighted by Gasteiger charge is -2.32. The third kappa shape index (κ3) is 1.29. The monoisotopic (exact) mass is 160 g/mol. The second-order valence-corrected chi connectivity index (χ2v) is 3.52.